The van der Waals surface area contributed by atoms with E-state index in [1.54, 1.807) is 24.3 Å². The van der Waals surface area contributed by atoms with Crippen LogP contribution in [0.15, 0.2) is 47.5 Å². The molecule has 2 N–H and O–H groups in total. The van der Waals surface area contributed by atoms with E-state index in [0.717, 1.165) is 27.2 Å². The molecule has 7 nitrogen and oxygen atoms in total. The average molecular weight is 409 g/mol. The molecule has 1 aliphatic heterocycles. The lowest BCUT2D eigenvalue weighted by molar-refractivity contribution is -0.114. The third-order valence-electron chi connectivity index (χ3n) is 4.28. The number of benzene rings is 2. The van der Waals surface area contributed by atoms with Crippen molar-refractivity contribution in [3.8, 4) is 11.5 Å². The number of carbonyl (C=O) groups is 2. The fourth-order valence-electron chi connectivity index (χ4n) is 2.97. The number of ether oxygens (including phenoxy) is 2. The van der Waals surface area contributed by atoms with Gasteiger partial charge < -0.3 is 20.1 Å². The zero-order chi connectivity index (χ0) is 20.4. The summed E-state index contributed by atoms with van der Waals surface area (Å²) in [5.41, 5.74) is 3.15. The van der Waals surface area contributed by atoms with Gasteiger partial charge >= 0.3 is 0 Å². The maximum Gasteiger partial charge on any atom is 0.234 e. The van der Waals surface area contributed by atoms with Gasteiger partial charge in [0.25, 0.3) is 0 Å². The molecule has 1 aromatic heterocycles. The van der Waals surface area contributed by atoms with Gasteiger partial charge in [0.2, 0.25) is 18.6 Å². The summed E-state index contributed by atoms with van der Waals surface area (Å²) < 4.78 is 10.8. The van der Waals surface area contributed by atoms with E-state index in [0.29, 0.717) is 17.1 Å². The number of thioether (sulfide) groups is 1. The second kappa shape index (κ2) is 8.00. The Hall–Kier alpha value is -3.26. The predicted octanol–water partition coefficient (Wildman–Crippen LogP) is 3.96. The van der Waals surface area contributed by atoms with Gasteiger partial charge in [-0.1, -0.05) is 11.8 Å². The third kappa shape index (κ3) is 4.43. The van der Waals surface area contributed by atoms with Crippen molar-refractivity contribution in [1.29, 1.82) is 0 Å². The summed E-state index contributed by atoms with van der Waals surface area (Å²) >= 11 is 1.38. The minimum atomic E-state index is -0.138. The number of hydrogen-bond donors (Lipinski definition) is 2. The van der Waals surface area contributed by atoms with Crippen LogP contribution >= 0.6 is 11.8 Å². The molecule has 0 unspecified atom stereocenters. The van der Waals surface area contributed by atoms with E-state index in [9.17, 15) is 9.59 Å². The fourth-order valence-corrected chi connectivity index (χ4v) is 3.76. The van der Waals surface area contributed by atoms with Crippen molar-refractivity contribution >= 4 is 45.9 Å². The van der Waals surface area contributed by atoms with E-state index >= 15 is 0 Å². The lowest BCUT2D eigenvalue weighted by Crippen LogP contribution is -2.14. The number of amides is 2. The second-order valence-electron chi connectivity index (χ2n) is 6.60. The van der Waals surface area contributed by atoms with Crippen LogP contribution in [0.3, 0.4) is 0 Å². The van der Waals surface area contributed by atoms with Gasteiger partial charge in [-0.2, -0.15) is 0 Å². The molecule has 2 amide bonds. The van der Waals surface area contributed by atoms with Crippen LogP contribution < -0.4 is 20.1 Å². The Balaban J connectivity index is 1.41. The number of aromatic nitrogens is 1. The highest BCUT2D eigenvalue weighted by molar-refractivity contribution is 8.00. The molecule has 0 bridgehead atoms. The molecule has 0 aliphatic carbocycles. The molecular formula is C21H19N3O4S. The molecule has 4 rings (SSSR count). The Morgan fingerprint density at radius 3 is 2.38 bits per heavy atom. The SMILES string of the molecule is CC(=O)Nc1ccc(NC(=O)CSc2nc3cc4c(cc3cc2C)OCO4)cc1. The van der Waals surface area contributed by atoms with Crippen molar-refractivity contribution in [2.45, 2.75) is 18.9 Å². The van der Waals surface area contributed by atoms with Crippen molar-refractivity contribution < 1.29 is 19.1 Å². The standard InChI is InChI=1S/C21H19N3O4S/c1-12-7-14-8-18-19(28-11-27-18)9-17(14)24-21(12)29-10-20(26)23-16-5-3-15(4-6-16)22-13(2)25/h3-9H,10-11H2,1-2H3,(H,22,25)(H,23,26). The minimum Gasteiger partial charge on any atom is -0.454 e. The first-order valence-corrected chi connectivity index (χ1v) is 9.98. The van der Waals surface area contributed by atoms with Crippen molar-refractivity contribution in [3.05, 3.63) is 48.0 Å². The van der Waals surface area contributed by atoms with E-state index in [1.807, 2.05) is 25.1 Å². The highest BCUT2D eigenvalue weighted by Crippen LogP contribution is 2.36. The van der Waals surface area contributed by atoms with Crippen LogP contribution in [0.25, 0.3) is 10.9 Å². The lowest BCUT2D eigenvalue weighted by atomic mass is 10.1. The van der Waals surface area contributed by atoms with Crippen molar-refractivity contribution in [1.82, 2.24) is 4.98 Å². The molecule has 3 aromatic rings. The van der Waals surface area contributed by atoms with Crippen LogP contribution in [-0.2, 0) is 9.59 Å². The Morgan fingerprint density at radius 1 is 1.03 bits per heavy atom. The van der Waals surface area contributed by atoms with Crippen molar-refractivity contribution in [3.63, 3.8) is 0 Å². The average Bonchev–Trinajstić information content (AvgIpc) is 3.13. The zero-order valence-electron chi connectivity index (χ0n) is 15.9. The number of carbonyl (C=O) groups excluding carboxylic acids is 2. The number of rotatable bonds is 5. The monoisotopic (exact) mass is 409 g/mol. The van der Waals surface area contributed by atoms with Crippen molar-refractivity contribution in [2.75, 3.05) is 23.2 Å². The third-order valence-corrected chi connectivity index (χ3v) is 5.38. The van der Waals surface area contributed by atoms with Crippen LogP contribution in [-0.4, -0.2) is 29.3 Å². The summed E-state index contributed by atoms with van der Waals surface area (Å²) in [7, 11) is 0. The van der Waals surface area contributed by atoms with Crippen LogP contribution in [0.4, 0.5) is 11.4 Å². The van der Waals surface area contributed by atoms with Gasteiger partial charge in [-0.25, -0.2) is 4.98 Å². The van der Waals surface area contributed by atoms with E-state index in [-0.39, 0.29) is 24.4 Å². The van der Waals surface area contributed by atoms with Gasteiger partial charge in [0.05, 0.1) is 11.3 Å². The van der Waals surface area contributed by atoms with Gasteiger partial charge in [0, 0.05) is 29.8 Å². The Labute approximate surface area is 171 Å². The normalized spacial score (nSPS) is 12.1. The largest absolute Gasteiger partial charge is 0.454 e. The summed E-state index contributed by atoms with van der Waals surface area (Å²) in [5.74, 6) is 1.38. The quantitative estimate of drug-likeness (QED) is 0.620. The fraction of sp³-hybridized carbons (Fsp3) is 0.190. The van der Waals surface area contributed by atoms with Gasteiger partial charge in [0.1, 0.15) is 5.03 Å². The number of nitrogens with zero attached hydrogens (tertiary/aromatic N) is 1. The maximum atomic E-state index is 12.3. The second-order valence-corrected chi connectivity index (χ2v) is 7.57. The zero-order valence-corrected chi connectivity index (χ0v) is 16.8. The first-order chi connectivity index (χ1) is 14.0. The number of nitrogens with one attached hydrogen (secondary N) is 2. The molecule has 0 radical (unpaired) electrons. The maximum absolute atomic E-state index is 12.3. The van der Waals surface area contributed by atoms with Gasteiger partial charge in [-0.3, -0.25) is 9.59 Å². The Bertz CT molecular complexity index is 1100. The molecule has 0 fully saturated rings. The number of hydrogen-bond acceptors (Lipinski definition) is 6. The van der Waals surface area contributed by atoms with Gasteiger partial charge in [-0.15, -0.1) is 0 Å². The Morgan fingerprint density at radius 2 is 1.69 bits per heavy atom. The first-order valence-electron chi connectivity index (χ1n) is 8.99. The minimum absolute atomic E-state index is 0.130. The highest BCUT2D eigenvalue weighted by atomic mass is 32.2. The molecule has 2 heterocycles. The molecule has 0 saturated heterocycles. The van der Waals surface area contributed by atoms with E-state index in [2.05, 4.69) is 15.6 Å². The van der Waals surface area contributed by atoms with Crippen LogP contribution in [0.2, 0.25) is 0 Å². The summed E-state index contributed by atoms with van der Waals surface area (Å²) in [6.07, 6.45) is 0. The molecule has 8 heteroatoms. The molecule has 148 valence electrons. The van der Waals surface area contributed by atoms with E-state index in [1.165, 1.54) is 18.7 Å². The summed E-state index contributed by atoms with van der Waals surface area (Å²) in [4.78, 5) is 28.0. The first kappa shape index (κ1) is 19.1. The molecule has 0 atom stereocenters. The Kier molecular flexibility index (Phi) is 5.26. The molecular weight excluding hydrogens is 390 g/mol. The van der Waals surface area contributed by atoms with Crippen molar-refractivity contribution in [2.24, 2.45) is 0 Å². The summed E-state index contributed by atoms with van der Waals surface area (Å²) in [6.45, 7) is 3.64. The number of pyridine rings is 1. The molecule has 0 spiro atoms. The van der Waals surface area contributed by atoms with Crippen LogP contribution in [0.5, 0.6) is 11.5 Å². The number of aryl methyl sites for hydroxylation is 1. The topological polar surface area (TPSA) is 89.6 Å². The lowest BCUT2D eigenvalue weighted by Gasteiger charge is -2.09. The predicted molar refractivity (Wildman–Crippen MR) is 113 cm³/mol. The van der Waals surface area contributed by atoms with E-state index < -0.39 is 0 Å². The number of fused-ring (bicyclic) bond motifs is 2. The number of anilines is 2. The molecule has 1 aliphatic rings. The van der Waals surface area contributed by atoms with Gasteiger partial charge in [0.15, 0.2) is 11.5 Å². The molecule has 29 heavy (non-hydrogen) atoms. The smallest absolute Gasteiger partial charge is 0.234 e. The van der Waals surface area contributed by atoms with Crippen LogP contribution in [0, 0.1) is 6.92 Å². The van der Waals surface area contributed by atoms with Gasteiger partial charge in [-0.05, 0) is 48.9 Å². The molecule has 2 aromatic carbocycles. The summed E-state index contributed by atoms with van der Waals surface area (Å²) in [6, 6.07) is 12.8. The highest BCUT2D eigenvalue weighted by Gasteiger charge is 2.16. The molecule has 0 saturated carbocycles. The van der Waals surface area contributed by atoms with Crippen LogP contribution in [0.1, 0.15) is 12.5 Å². The summed E-state index contributed by atoms with van der Waals surface area (Å²) in [5, 5.41) is 7.30. The van der Waals surface area contributed by atoms with E-state index in [4.69, 9.17) is 9.47 Å².